The predicted molar refractivity (Wildman–Crippen MR) is 128 cm³/mol. The van der Waals surface area contributed by atoms with Crippen LogP contribution in [0, 0.1) is 0 Å². The number of halogens is 3. The van der Waals surface area contributed by atoms with Crippen molar-refractivity contribution in [3.05, 3.63) is 78.6 Å². The van der Waals surface area contributed by atoms with Gasteiger partial charge in [-0.1, -0.05) is 70.5 Å². The number of hydrogen-bond donors (Lipinski definition) is 2. The number of benzene rings is 2. The van der Waals surface area contributed by atoms with Gasteiger partial charge in [0.1, 0.15) is 0 Å². The molecule has 1 aromatic heterocycles. The fraction of sp³-hybridized carbons (Fsp3) is 0.150. The maximum absolute atomic E-state index is 12.6. The molecule has 3 aromatic rings. The molecular formula is C20H22BrCl2N3O2S. The third kappa shape index (κ3) is 7.37. The molecule has 0 radical (unpaired) electrons. The van der Waals surface area contributed by atoms with Crippen LogP contribution in [0.2, 0.25) is 0 Å². The molecule has 1 atom stereocenters. The topological polar surface area (TPSA) is 71.1 Å². The van der Waals surface area contributed by atoms with Gasteiger partial charge in [-0.2, -0.15) is 0 Å². The molecule has 0 saturated carbocycles. The average Bonchev–Trinajstić information content (AvgIpc) is 2.70. The van der Waals surface area contributed by atoms with Crippen LogP contribution in [0.4, 0.5) is 0 Å². The molecule has 0 amide bonds. The minimum atomic E-state index is -3.59. The maximum Gasteiger partial charge on any atom is 0.241 e. The predicted octanol–water partition coefficient (Wildman–Crippen LogP) is 4.38. The molecule has 0 aliphatic carbocycles. The molecule has 0 saturated heterocycles. The van der Waals surface area contributed by atoms with Gasteiger partial charge in [-0.3, -0.25) is 4.98 Å². The van der Waals surface area contributed by atoms with E-state index in [0.717, 1.165) is 10.9 Å². The van der Waals surface area contributed by atoms with Crippen molar-refractivity contribution in [2.45, 2.75) is 9.85 Å². The quantitative estimate of drug-likeness (QED) is 0.264. The molecule has 2 N–H and O–H groups in total. The highest BCUT2D eigenvalue weighted by atomic mass is 79.9. The molecule has 0 unspecified atom stereocenters. The van der Waals surface area contributed by atoms with Gasteiger partial charge in [-0.05, 0) is 17.7 Å². The van der Waals surface area contributed by atoms with Crippen LogP contribution in [0.1, 0.15) is 5.56 Å². The van der Waals surface area contributed by atoms with Crippen LogP contribution >= 0.6 is 40.7 Å². The van der Waals surface area contributed by atoms with Gasteiger partial charge in [0.15, 0.2) is 0 Å². The van der Waals surface area contributed by atoms with E-state index >= 15 is 0 Å². The molecule has 0 aliphatic rings. The zero-order valence-electron chi connectivity index (χ0n) is 15.4. The van der Waals surface area contributed by atoms with Gasteiger partial charge in [0.05, 0.1) is 9.85 Å². The van der Waals surface area contributed by atoms with E-state index in [-0.39, 0.29) is 41.2 Å². The number of nitrogens with zero attached hydrogens (tertiary/aromatic N) is 1. The number of sulfonamides is 1. The molecule has 0 fully saturated rings. The standard InChI is InChI=1S/C20H20BrN3O2S.2ClH/c21-20(10-9-16-5-2-1-3-6-16)23-13-14-24-27(25,26)19-8-4-7-17-15-22-12-11-18(17)19;;/h1-12,15,20,23-24H,13-14H2;2*1H/t20-;;/m0../s1. The van der Waals surface area contributed by atoms with Crippen molar-refractivity contribution in [3.8, 4) is 0 Å². The number of aromatic nitrogens is 1. The molecule has 0 aliphatic heterocycles. The number of alkyl halides is 1. The molecule has 9 heteroatoms. The SMILES string of the molecule is Cl.Cl.O=S(=O)(NCCN[C@H](Br)C=Cc1ccccc1)c1cccc2cnccc12. The third-order valence-corrected chi connectivity index (χ3v) is 6.09. The Bertz CT molecular complexity index is 1030. The van der Waals surface area contributed by atoms with Crippen molar-refractivity contribution in [1.82, 2.24) is 15.0 Å². The van der Waals surface area contributed by atoms with E-state index in [2.05, 4.69) is 31.0 Å². The second kappa shape index (κ2) is 12.3. The molecule has 29 heavy (non-hydrogen) atoms. The van der Waals surface area contributed by atoms with Gasteiger partial charge in [0.2, 0.25) is 10.0 Å². The minimum Gasteiger partial charge on any atom is -0.300 e. The Morgan fingerprint density at radius 3 is 2.52 bits per heavy atom. The number of rotatable bonds is 8. The monoisotopic (exact) mass is 517 g/mol. The van der Waals surface area contributed by atoms with Crippen LogP contribution in [-0.2, 0) is 10.0 Å². The van der Waals surface area contributed by atoms with Gasteiger partial charge in [-0.25, -0.2) is 13.1 Å². The highest BCUT2D eigenvalue weighted by Crippen LogP contribution is 2.21. The first-order valence-corrected chi connectivity index (χ1v) is 10.9. The summed E-state index contributed by atoms with van der Waals surface area (Å²) < 4.78 is 27.9. The highest BCUT2D eigenvalue weighted by Gasteiger charge is 2.16. The summed E-state index contributed by atoms with van der Waals surface area (Å²) in [6, 6.07) is 16.9. The van der Waals surface area contributed by atoms with Gasteiger partial charge in [0.25, 0.3) is 0 Å². The van der Waals surface area contributed by atoms with Crippen molar-refractivity contribution >= 4 is 67.6 Å². The summed E-state index contributed by atoms with van der Waals surface area (Å²) in [4.78, 5) is 4.25. The fourth-order valence-corrected chi connectivity index (χ4v) is 4.27. The van der Waals surface area contributed by atoms with Gasteiger partial charge >= 0.3 is 0 Å². The van der Waals surface area contributed by atoms with Crippen LogP contribution in [0.3, 0.4) is 0 Å². The summed E-state index contributed by atoms with van der Waals surface area (Å²) in [6.45, 7) is 0.770. The summed E-state index contributed by atoms with van der Waals surface area (Å²) in [7, 11) is -3.59. The van der Waals surface area contributed by atoms with Crippen molar-refractivity contribution in [2.75, 3.05) is 13.1 Å². The Balaban J connectivity index is 0.00000210. The number of fused-ring (bicyclic) bond motifs is 1. The van der Waals surface area contributed by atoms with Crippen LogP contribution in [0.25, 0.3) is 16.8 Å². The second-order valence-corrected chi connectivity index (χ2v) is 8.60. The molecular weight excluding hydrogens is 497 g/mol. The van der Waals surface area contributed by atoms with E-state index in [4.69, 9.17) is 0 Å². The summed E-state index contributed by atoms with van der Waals surface area (Å²) in [6.07, 6.45) is 7.23. The minimum absolute atomic E-state index is 0. The largest absolute Gasteiger partial charge is 0.300 e. The normalized spacial score (nSPS) is 12.3. The first-order valence-electron chi connectivity index (χ1n) is 8.49. The summed E-state index contributed by atoms with van der Waals surface area (Å²) in [5.74, 6) is 0. The van der Waals surface area contributed by atoms with E-state index in [1.165, 1.54) is 0 Å². The summed E-state index contributed by atoms with van der Waals surface area (Å²) >= 11 is 3.51. The van der Waals surface area contributed by atoms with E-state index < -0.39 is 10.0 Å². The molecule has 3 rings (SSSR count). The zero-order valence-corrected chi connectivity index (χ0v) is 19.4. The van der Waals surface area contributed by atoms with Crippen LogP contribution in [0.15, 0.2) is 78.0 Å². The Hall–Kier alpha value is -1.48. The first kappa shape index (κ1) is 25.6. The van der Waals surface area contributed by atoms with E-state index in [0.29, 0.717) is 11.9 Å². The average molecular weight is 519 g/mol. The summed E-state index contributed by atoms with van der Waals surface area (Å²) in [5.41, 5.74) is 1.11. The van der Waals surface area contributed by atoms with Gasteiger partial charge in [0, 0.05) is 36.3 Å². The van der Waals surface area contributed by atoms with Gasteiger partial charge < -0.3 is 5.32 Å². The Labute approximate surface area is 192 Å². The number of nitrogens with one attached hydrogen (secondary N) is 2. The van der Waals surface area contributed by atoms with Crippen molar-refractivity contribution in [3.63, 3.8) is 0 Å². The maximum atomic E-state index is 12.6. The third-order valence-electron chi connectivity index (χ3n) is 3.94. The zero-order chi connectivity index (χ0) is 19.1. The molecule has 0 bridgehead atoms. The molecule has 5 nitrogen and oxygen atoms in total. The van der Waals surface area contributed by atoms with Crippen molar-refractivity contribution < 1.29 is 8.42 Å². The first-order chi connectivity index (χ1) is 13.1. The molecule has 2 aromatic carbocycles. The fourth-order valence-electron chi connectivity index (χ4n) is 2.63. The van der Waals surface area contributed by atoms with Crippen molar-refractivity contribution in [2.24, 2.45) is 0 Å². The molecule has 1 heterocycles. The number of hydrogen-bond acceptors (Lipinski definition) is 4. The van der Waals surface area contributed by atoms with Crippen LogP contribution < -0.4 is 10.0 Å². The Kier molecular flexibility index (Phi) is 10.8. The van der Waals surface area contributed by atoms with Crippen LogP contribution in [-0.4, -0.2) is 31.4 Å². The number of pyridine rings is 1. The Morgan fingerprint density at radius 2 is 1.76 bits per heavy atom. The lowest BCUT2D eigenvalue weighted by Gasteiger charge is -2.11. The smallest absolute Gasteiger partial charge is 0.241 e. The van der Waals surface area contributed by atoms with E-state index in [1.54, 1.807) is 30.6 Å². The van der Waals surface area contributed by atoms with Gasteiger partial charge in [-0.15, -0.1) is 24.8 Å². The van der Waals surface area contributed by atoms with Crippen molar-refractivity contribution in [1.29, 1.82) is 0 Å². The Morgan fingerprint density at radius 1 is 1.00 bits per heavy atom. The second-order valence-electron chi connectivity index (χ2n) is 5.88. The van der Waals surface area contributed by atoms with Crippen LogP contribution in [0.5, 0.6) is 0 Å². The summed E-state index contributed by atoms with van der Waals surface area (Å²) in [5, 5.41) is 4.67. The molecule has 156 valence electrons. The van der Waals surface area contributed by atoms with E-state index in [9.17, 15) is 8.42 Å². The molecule has 0 spiro atoms. The lowest BCUT2D eigenvalue weighted by Crippen LogP contribution is -2.34. The highest BCUT2D eigenvalue weighted by molar-refractivity contribution is 9.09. The lowest BCUT2D eigenvalue weighted by atomic mass is 10.2. The van der Waals surface area contributed by atoms with E-state index in [1.807, 2.05) is 48.6 Å². The lowest BCUT2D eigenvalue weighted by molar-refractivity contribution is 0.578.